The van der Waals surface area contributed by atoms with Crippen molar-refractivity contribution in [3.05, 3.63) is 100 Å². The predicted molar refractivity (Wildman–Crippen MR) is 138 cm³/mol. The van der Waals surface area contributed by atoms with Crippen LogP contribution >= 0.6 is 11.8 Å². The SMILES string of the molecule is Cc1ccc(NC(=O)c2ccccc2)c(-c2nnc(SC(C)C(=O)Nc3ccccc3)[nH]c2=O)c1. The number of rotatable bonds is 7. The number of hydrogen-bond donors (Lipinski definition) is 3. The summed E-state index contributed by atoms with van der Waals surface area (Å²) in [6, 6.07) is 23.2. The second-order valence-corrected chi connectivity index (χ2v) is 9.12. The lowest BCUT2D eigenvalue weighted by Gasteiger charge is -2.13. The molecule has 0 saturated heterocycles. The molecule has 0 aliphatic carbocycles. The third kappa shape index (κ3) is 6.01. The van der Waals surface area contributed by atoms with E-state index >= 15 is 0 Å². The van der Waals surface area contributed by atoms with E-state index in [4.69, 9.17) is 0 Å². The minimum atomic E-state index is -0.523. The van der Waals surface area contributed by atoms with Crippen molar-refractivity contribution in [2.45, 2.75) is 24.3 Å². The van der Waals surface area contributed by atoms with E-state index in [1.807, 2.05) is 37.3 Å². The number of anilines is 2. The molecular weight excluding hydrogens is 462 g/mol. The molecule has 0 aliphatic heterocycles. The summed E-state index contributed by atoms with van der Waals surface area (Å²) in [5.74, 6) is -0.525. The molecule has 3 aromatic carbocycles. The van der Waals surface area contributed by atoms with Gasteiger partial charge in [-0.1, -0.05) is 59.8 Å². The predicted octanol–water partition coefficient (Wildman–Crippen LogP) is 4.51. The number of H-pyrrole nitrogens is 1. The topological polar surface area (TPSA) is 117 Å². The van der Waals surface area contributed by atoms with Gasteiger partial charge in [0.2, 0.25) is 5.91 Å². The third-order valence-corrected chi connectivity index (χ3v) is 6.06. The van der Waals surface area contributed by atoms with E-state index in [1.54, 1.807) is 55.5 Å². The number of nitrogens with one attached hydrogen (secondary N) is 3. The van der Waals surface area contributed by atoms with Gasteiger partial charge in [0.1, 0.15) is 0 Å². The molecular formula is C26H23N5O3S. The number of carbonyl (C=O) groups excluding carboxylic acids is 2. The van der Waals surface area contributed by atoms with Crippen LogP contribution in [0.1, 0.15) is 22.8 Å². The number of aryl methyl sites for hydroxylation is 1. The molecule has 35 heavy (non-hydrogen) atoms. The third-order valence-electron chi connectivity index (χ3n) is 5.09. The molecule has 0 saturated carbocycles. The van der Waals surface area contributed by atoms with Gasteiger partial charge in [0.25, 0.3) is 11.5 Å². The van der Waals surface area contributed by atoms with Crippen LogP contribution in [0, 0.1) is 6.92 Å². The first-order valence-electron chi connectivity index (χ1n) is 10.9. The standard InChI is InChI=1S/C26H23N5O3S/c1-16-13-14-21(28-24(33)18-9-5-3-6-10-18)20(15-16)22-25(34)29-26(31-30-22)35-17(2)23(32)27-19-11-7-4-8-12-19/h3-15,17H,1-2H3,(H,27,32)(H,28,33)(H,29,31,34). The second-order valence-electron chi connectivity index (χ2n) is 7.79. The van der Waals surface area contributed by atoms with Gasteiger partial charge in [-0.25, -0.2) is 0 Å². The van der Waals surface area contributed by atoms with Gasteiger partial charge in [0.15, 0.2) is 10.9 Å². The van der Waals surface area contributed by atoms with E-state index < -0.39 is 10.8 Å². The maximum atomic E-state index is 12.9. The monoisotopic (exact) mass is 485 g/mol. The van der Waals surface area contributed by atoms with Gasteiger partial charge in [0.05, 0.1) is 10.9 Å². The van der Waals surface area contributed by atoms with Crippen molar-refractivity contribution in [1.29, 1.82) is 0 Å². The summed E-state index contributed by atoms with van der Waals surface area (Å²) in [4.78, 5) is 40.8. The van der Waals surface area contributed by atoms with Crippen LogP contribution < -0.4 is 16.2 Å². The molecule has 0 aliphatic rings. The fraction of sp³-hybridized carbons (Fsp3) is 0.115. The molecule has 9 heteroatoms. The Morgan fingerprint density at radius 3 is 2.29 bits per heavy atom. The van der Waals surface area contributed by atoms with E-state index in [0.717, 1.165) is 17.3 Å². The molecule has 1 atom stereocenters. The summed E-state index contributed by atoms with van der Waals surface area (Å²) in [6.07, 6.45) is 0. The first kappa shape index (κ1) is 23.9. The van der Waals surface area contributed by atoms with E-state index in [9.17, 15) is 14.4 Å². The van der Waals surface area contributed by atoms with E-state index in [1.165, 1.54) is 0 Å². The van der Waals surface area contributed by atoms with E-state index in [0.29, 0.717) is 22.5 Å². The van der Waals surface area contributed by atoms with Crippen molar-refractivity contribution in [3.8, 4) is 11.3 Å². The lowest BCUT2D eigenvalue weighted by molar-refractivity contribution is -0.115. The molecule has 1 aromatic heterocycles. The summed E-state index contributed by atoms with van der Waals surface area (Å²) in [6.45, 7) is 3.60. The van der Waals surface area contributed by atoms with Crippen molar-refractivity contribution in [2.24, 2.45) is 0 Å². The number of nitrogens with zero attached hydrogens (tertiary/aromatic N) is 2. The van der Waals surface area contributed by atoms with Gasteiger partial charge < -0.3 is 10.6 Å². The van der Waals surface area contributed by atoms with Crippen molar-refractivity contribution in [3.63, 3.8) is 0 Å². The number of thioether (sulfide) groups is 1. The number of carbonyl (C=O) groups is 2. The zero-order valence-corrected chi connectivity index (χ0v) is 19.9. The first-order chi connectivity index (χ1) is 16.9. The van der Waals surface area contributed by atoms with Crippen LogP contribution in [0.4, 0.5) is 11.4 Å². The van der Waals surface area contributed by atoms with Gasteiger partial charge in [-0.3, -0.25) is 19.4 Å². The quantitative estimate of drug-likeness (QED) is 0.332. The number of aromatic nitrogens is 3. The normalized spacial score (nSPS) is 11.5. The number of aromatic amines is 1. The van der Waals surface area contributed by atoms with E-state index in [2.05, 4.69) is 25.8 Å². The summed E-state index contributed by atoms with van der Waals surface area (Å²) < 4.78 is 0. The van der Waals surface area contributed by atoms with Crippen molar-refractivity contribution in [1.82, 2.24) is 15.2 Å². The molecule has 4 rings (SSSR count). The molecule has 4 aromatic rings. The Morgan fingerprint density at radius 1 is 0.914 bits per heavy atom. The Balaban J connectivity index is 1.53. The van der Waals surface area contributed by atoms with Crippen LogP contribution in [0.5, 0.6) is 0 Å². The molecule has 3 N–H and O–H groups in total. The van der Waals surface area contributed by atoms with Gasteiger partial charge in [0, 0.05) is 16.8 Å². The number of para-hydroxylation sites is 1. The number of benzene rings is 3. The molecule has 0 fully saturated rings. The average Bonchev–Trinajstić information content (AvgIpc) is 2.86. The highest BCUT2D eigenvalue weighted by molar-refractivity contribution is 8.00. The number of amides is 2. The first-order valence-corrected chi connectivity index (χ1v) is 11.8. The minimum Gasteiger partial charge on any atom is -0.325 e. The van der Waals surface area contributed by atoms with Crippen LogP contribution in [0.25, 0.3) is 11.3 Å². The highest BCUT2D eigenvalue weighted by atomic mass is 32.2. The van der Waals surface area contributed by atoms with Crippen LogP contribution in [0.2, 0.25) is 0 Å². The van der Waals surface area contributed by atoms with Crippen LogP contribution in [-0.4, -0.2) is 32.2 Å². The van der Waals surface area contributed by atoms with Gasteiger partial charge >= 0.3 is 0 Å². The van der Waals surface area contributed by atoms with Crippen molar-refractivity contribution in [2.75, 3.05) is 10.6 Å². The van der Waals surface area contributed by atoms with Gasteiger partial charge in [-0.15, -0.1) is 10.2 Å². The molecule has 2 amide bonds. The largest absolute Gasteiger partial charge is 0.325 e. The van der Waals surface area contributed by atoms with Crippen LogP contribution in [-0.2, 0) is 4.79 Å². The maximum absolute atomic E-state index is 12.9. The molecule has 0 spiro atoms. The van der Waals surface area contributed by atoms with Crippen LogP contribution in [0.15, 0.2) is 88.8 Å². The fourth-order valence-corrected chi connectivity index (χ4v) is 4.03. The fourth-order valence-electron chi connectivity index (χ4n) is 3.28. The molecule has 1 unspecified atom stereocenters. The Bertz CT molecular complexity index is 1410. The lowest BCUT2D eigenvalue weighted by atomic mass is 10.1. The molecule has 176 valence electrons. The summed E-state index contributed by atoms with van der Waals surface area (Å²) in [5, 5.41) is 13.6. The van der Waals surface area contributed by atoms with Crippen molar-refractivity contribution >= 4 is 35.0 Å². The average molecular weight is 486 g/mol. The Kier molecular flexibility index (Phi) is 7.37. The Morgan fingerprint density at radius 2 is 1.60 bits per heavy atom. The number of hydrogen-bond acceptors (Lipinski definition) is 6. The highest BCUT2D eigenvalue weighted by Gasteiger charge is 2.19. The lowest BCUT2D eigenvalue weighted by Crippen LogP contribution is -2.23. The van der Waals surface area contributed by atoms with E-state index in [-0.39, 0.29) is 22.7 Å². The zero-order chi connectivity index (χ0) is 24.8. The second kappa shape index (κ2) is 10.8. The van der Waals surface area contributed by atoms with Crippen molar-refractivity contribution < 1.29 is 9.59 Å². The van der Waals surface area contributed by atoms with Gasteiger partial charge in [-0.2, -0.15) is 0 Å². The smallest absolute Gasteiger partial charge is 0.278 e. The Hall–Kier alpha value is -4.24. The minimum absolute atomic E-state index is 0.0720. The molecule has 8 nitrogen and oxygen atoms in total. The van der Waals surface area contributed by atoms with Crippen LogP contribution in [0.3, 0.4) is 0 Å². The highest BCUT2D eigenvalue weighted by Crippen LogP contribution is 2.27. The zero-order valence-electron chi connectivity index (χ0n) is 19.1. The Labute approximate surface area is 206 Å². The summed E-state index contributed by atoms with van der Waals surface area (Å²) in [5.41, 5.74) is 2.57. The summed E-state index contributed by atoms with van der Waals surface area (Å²) >= 11 is 1.09. The molecule has 1 heterocycles. The van der Waals surface area contributed by atoms with Gasteiger partial charge in [-0.05, 0) is 50.2 Å². The molecule has 0 bridgehead atoms. The maximum Gasteiger partial charge on any atom is 0.278 e. The summed E-state index contributed by atoms with van der Waals surface area (Å²) in [7, 11) is 0. The molecule has 0 radical (unpaired) electrons.